The first-order valence-corrected chi connectivity index (χ1v) is 8.29. The van der Waals surface area contributed by atoms with Crippen LogP contribution in [0, 0.1) is 0 Å². The molecule has 6 nitrogen and oxygen atoms in total. The van der Waals surface area contributed by atoms with Gasteiger partial charge in [-0.15, -0.1) is 11.3 Å². The van der Waals surface area contributed by atoms with Crippen molar-refractivity contribution in [3.05, 3.63) is 17.0 Å². The molecule has 1 aromatic rings. The topological polar surface area (TPSA) is 98.5 Å². The van der Waals surface area contributed by atoms with Gasteiger partial charge in [0.25, 0.3) is 5.91 Å². The van der Waals surface area contributed by atoms with E-state index in [1.54, 1.807) is 7.11 Å². The number of ether oxygens (including phenoxy) is 1. The van der Waals surface area contributed by atoms with Crippen molar-refractivity contribution in [3.63, 3.8) is 0 Å². The molecule has 2 atom stereocenters. The molecule has 0 bridgehead atoms. The molecular weight excluding hydrogens is 288 g/mol. The first-order chi connectivity index (χ1) is 8.91. The first-order valence-electron chi connectivity index (χ1n) is 5.87. The third-order valence-electron chi connectivity index (χ3n) is 3.19. The number of hydrogen-bond donors (Lipinski definition) is 2. The highest BCUT2D eigenvalue weighted by Crippen LogP contribution is 2.23. The van der Waals surface area contributed by atoms with Crippen molar-refractivity contribution in [1.82, 2.24) is 5.32 Å². The average Bonchev–Trinajstić information content (AvgIpc) is 2.95. The molecule has 1 amide bonds. The van der Waals surface area contributed by atoms with Gasteiger partial charge >= 0.3 is 0 Å². The number of methoxy groups -OCH3 is 1. The van der Waals surface area contributed by atoms with E-state index < -0.39 is 10.0 Å². The third-order valence-corrected chi connectivity index (χ3v) is 5.58. The Morgan fingerprint density at radius 1 is 1.53 bits per heavy atom. The summed E-state index contributed by atoms with van der Waals surface area (Å²) in [5, 5.41) is 9.37. The number of thiophene rings is 1. The van der Waals surface area contributed by atoms with Gasteiger partial charge in [-0.25, -0.2) is 13.6 Å². The molecule has 1 aliphatic rings. The highest BCUT2D eigenvalue weighted by molar-refractivity contribution is 7.91. The minimum atomic E-state index is -3.74. The number of hydrogen-bond acceptors (Lipinski definition) is 5. The summed E-state index contributed by atoms with van der Waals surface area (Å²) in [5.41, 5.74) is 0.316. The minimum Gasteiger partial charge on any atom is -0.379 e. The SMILES string of the molecule is COC1CCCC1NC(=O)c1csc(S(N)(=O)=O)c1. The summed E-state index contributed by atoms with van der Waals surface area (Å²) >= 11 is 0.944. The standard InChI is InChI=1S/C11H16N2O4S2/c1-17-9-4-2-3-8(9)13-11(14)7-5-10(18-6-7)19(12,15)16/h5-6,8-9H,2-4H2,1H3,(H,13,14)(H2,12,15,16). The molecule has 0 radical (unpaired) electrons. The zero-order chi connectivity index (χ0) is 14.0. The number of rotatable bonds is 4. The summed E-state index contributed by atoms with van der Waals surface area (Å²) in [5.74, 6) is -0.292. The van der Waals surface area contributed by atoms with Crippen molar-refractivity contribution in [3.8, 4) is 0 Å². The van der Waals surface area contributed by atoms with E-state index in [1.807, 2.05) is 0 Å². The Morgan fingerprint density at radius 2 is 2.26 bits per heavy atom. The highest BCUT2D eigenvalue weighted by atomic mass is 32.2. The predicted octanol–water partition coefficient (Wildman–Crippen LogP) is 0.693. The normalized spacial score (nSPS) is 23.5. The molecule has 0 aromatic carbocycles. The van der Waals surface area contributed by atoms with Gasteiger partial charge in [0, 0.05) is 12.5 Å². The molecule has 106 valence electrons. The Bertz CT molecular complexity index is 567. The summed E-state index contributed by atoms with van der Waals surface area (Å²) in [7, 11) is -2.12. The van der Waals surface area contributed by atoms with Crippen molar-refractivity contribution in [2.75, 3.05) is 7.11 Å². The molecule has 1 aliphatic carbocycles. The summed E-state index contributed by atoms with van der Waals surface area (Å²) < 4.78 is 27.6. The number of nitrogens with one attached hydrogen (secondary N) is 1. The van der Waals surface area contributed by atoms with Crippen LogP contribution < -0.4 is 10.5 Å². The van der Waals surface area contributed by atoms with Crippen LogP contribution in [0.15, 0.2) is 15.7 Å². The van der Waals surface area contributed by atoms with E-state index in [4.69, 9.17) is 9.88 Å². The van der Waals surface area contributed by atoms with Crippen molar-refractivity contribution >= 4 is 27.3 Å². The number of sulfonamides is 1. The molecular formula is C11H16N2O4S2. The second-order valence-corrected chi connectivity index (χ2v) is 7.18. The van der Waals surface area contributed by atoms with Crippen molar-refractivity contribution in [1.29, 1.82) is 0 Å². The Morgan fingerprint density at radius 3 is 2.84 bits per heavy atom. The van der Waals surface area contributed by atoms with Gasteiger partial charge in [-0.2, -0.15) is 0 Å². The van der Waals surface area contributed by atoms with Gasteiger partial charge < -0.3 is 10.1 Å². The molecule has 1 heterocycles. The van der Waals surface area contributed by atoms with Gasteiger partial charge in [-0.3, -0.25) is 4.79 Å². The Labute approximate surface area is 116 Å². The number of primary sulfonamides is 1. The lowest BCUT2D eigenvalue weighted by Gasteiger charge is -2.19. The van der Waals surface area contributed by atoms with E-state index in [0.717, 1.165) is 30.6 Å². The Balaban J connectivity index is 2.06. The molecule has 19 heavy (non-hydrogen) atoms. The third kappa shape index (κ3) is 3.33. The maximum atomic E-state index is 12.0. The van der Waals surface area contributed by atoms with Crippen LogP contribution in [0.25, 0.3) is 0 Å². The Kier molecular flexibility index (Phi) is 4.24. The van der Waals surface area contributed by atoms with E-state index in [1.165, 1.54) is 11.4 Å². The van der Waals surface area contributed by atoms with E-state index in [2.05, 4.69) is 5.32 Å². The van der Waals surface area contributed by atoms with Gasteiger partial charge in [-0.1, -0.05) is 0 Å². The van der Waals surface area contributed by atoms with Crippen LogP contribution in [-0.4, -0.2) is 33.6 Å². The first kappa shape index (κ1) is 14.4. The molecule has 1 fully saturated rings. The van der Waals surface area contributed by atoms with Gasteiger partial charge in [0.2, 0.25) is 10.0 Å². The molecule has 0 aliphatic heterocycles. The number of amides is 1. The molecule has 2 unspecified atom stereocenters. The van der Waals surface area contributed by atoms with Crippen LogP contribution in [0.3, 0.4) is 0 Å². The zero-order valence-corrected chi connectivity index (χ0v) is 12.1. The van der Waals surface area contributed by atoms with Crippen LogP contribution in [0.5, 0.6) is 0 Å². The summed E-state index contributed by atoms with van der Waals surface area (Å²) in [6.45, 7) is 0. The molecule has 1 saturated carbocycles. The maximum absolute atomic E-state index is 12.0. The number of carbonyl (C=O) groups excluding carboxylic acids is 1. The molecule has 0 saturated heterocycles. The van der Waals surface area contributed by atoms with Crippen molar-refractivity contribution in [2.24, 2.45) is 5.14 Å². The van der Waals surface area contributed by atoms with Gasteiger partial charge in [0.1, 0.15) is 4.21 Å². The largest absolute Gasteiger partial charge is 0.379 e. The van der Waals surface area contributed by atoms with Crippen molar-refractivity contribution in [2.45, 2.75) is 35.6 Å². The molecule has 0 spiro atoms. The fourth-order valence-corrected chi connectivity index (χ4v) is 3.80. The van der Waals surface area contributed by atoms with Crippen LogP contribution in [-0.2, 0) is 14.8 Å². The lowest BCUT2D eigenvalue weighted by molar-refractivity contribution is 0.0722. The predicted molar refractivity (Wildman–Crippen MR) is 71.6 cm³/mol. The number of carbonyl (C=O) groups is 1. The van der Waals surface area contributed by atoms with E-state index in [9.17, 15) is 13.2 Å². The second kappa shape index (κ2) is 5.58. The van der Waals surface area contributed by atoms with Crippen LogP contribution in [0.2, 0.25) is 0 Å². The fourth-order valence-electron chi connectivity index (χ4n) is 2.21. The smallest absolute Gasteiger partial charge is 0.252 e. The molecule has 2 rings (SSSR count). The molecule has 1 aromatic heterocycles. The lowest BCUT2D eigenvalue weighted by atomic mass is 10.2. The van der Waals surface area contributed by atoms with Crippen molar-refractivity contribution < 1.29 is 17.9 Å². The zero-order valence-electron chi connectivity index (χ0n) is 10.5. The van der Waals surface area contributed by atoms with E-state index >= 15 is 0 Å². The highest BCUT2D eigenvalue weighted by Gasteiger charge is 2.29. The van der Waals surface area contributed by atoms with Crippen LogP contribution in [0.1, 0.15) is 29.6 Å². The van der Waals surface area contributed by atoms with Crippen LogP contribution >= 0.6 is 11.3 Å². The second-order valence-electron chi connectivity index (χ2n) is 4.48. The Hall–Kier alpha value is -0.960. The maximum Gasteiger partial charge on any atom is 0.252 e. The van der Waals surface area contributed by atoms with Gasteiger partial charge in [0.05, 0.1) is 17.7 Å². The van der Waals surface area contributed by atoms with E-state index in [-0.39, 0.29) is 22.3 Å². The van der Waals surface area contributed by atoms with E-state index in [0.29, 0.717) is 5.56 Å². The summed E-state index contributed by atoms with van der Waals surface area (Å²) in [6.07, 6.45) is 2.83. The quantitative estimate of drug-likeness (QED) is 0.855. The lowest BCUT2D eigenvalue weighted by Crippen LogP contribution is -2.40. The summed E-state index contributed by atoms with van der Waals surface area (Å²) in [6, 6.07) is 1.28. The molecule has 3 N–H and O–H groups in total. The average molecular weight is 304 g/mol. The van der Waals surface area contributed by atoms with Gasteiger partial charge in [0.15, 0.2) is 0 Å². The minimum absolute atomic E-state index is 0.00707. The monoisotopic (exact) mass is 304 g/mol. The molecule has 8 heteroatoms. The fraction of sp³-hybridized carbons (Fsp3) is 0.545. The number of nitrogens with two attached hydrogens (primary N) is 1. The summed E-state index contributed by atoms with van der Waals surface area (Å²) in [4.78, 5) is 12.0. The van der Waals surface area contributed by atoms with Gasteiger partial charge in [-0.05, 0) is 25.3 Å². The van der Waals surface area contributed by atoms with Crippen LogP contribution in [0.4, 0.5) is 0 Å².